The number of carbonyl (C=O) groups is 1. The number of amides is 1. The van der Waals surface area contributed by atoms with E-state index < -0.39 is 10.0 Å². The maximum absolute atomic E-state index is 12.7. The van der Waals surface area contributed by atoms with Crippen molar-refractivity contribution in [2.45, 2.75) is 30.7 Å². The minimum absolute atomic E-state index is 0.0198. The zero-order valence-corrected chi connectivity index (χ0v) is 13.8. The van der Waals surface area contributed by atoms with Crippen LogP contribution in [0.1, 0.15) is 30.1 Å². The van der Waals surface area contributed by atoms with Crippen molar-refractivity contribution in [1.82, 2.24) is 9.62 Å². The molecule has 1 aliphatic rings. The van der Waals surface area contributed by atoms with Crippen LogP contribution in [-0.2, 0) is 10.0 Å². The largest absolute Gasteiger partial charge is 0.355 e. The number of hydrogen-bond donors (Lipinski definition) is 2. The highest BCUT2D eigenvalue weighted by atomic mass is 32.2. The molecule has 0 unspecified atom stereocenters. The van der Waals surface area contributed by atoms with Gasteiger partial charge in [0.15, 0.2) is 0 Å². The number of benzene rings is 1. The lowest BCUT2D eigenvalue weighted by atomic mass is 9.93. The van der Waals surface area contributed by atoms with Crippen LogP contribution in [0.2, 0.25) is 0 Å². The first-order valence-corrected chi connectivity index (χ1v) is 8.88. The van der Waals surface area contributed by atoms with Crippen molar-refractivity contribution in [3.05, 3.63) is 29.8 Å². The lowest BCUT2D eigenvalue weighted by Crippen LogP contribution is -2.44. The third kappa shape index (κ3) is 3.48. The summed E-state index contributed by atoms with van der Waals surface area (Å²) in [5.74, 6) is -0.0485. The Hall–Kier alpha value is -1.44. The van der Waals surface area contributed by atoms with Crippen molar-refractivity contribution < 1.29 is 13.2 Å². The van der Waals surface area contributed by atoms with Crippen LogP contribution in [0.4, 0.5) is 0 Å². The molecule has 2 atom stereocenters. The molecule has 0 saturated carbocycles. The Morgan fingerprint density at radius 2 is 2.00 bits per heavy atom. The van der Waals surface area contributed by atoms with Crippen molar-refractivity contribution in [1.29, 1.82) is 0 Å². The number of carbonyl (C=O) groups excluding carboxylic acids is 1. The van der Waals surface area contributed by atoms with Crippen molar-refractivity contribution in [3.63, 3.8) is 0 Å². The second-order valence-corrected chi connectivity index (χ2v) is 7.67. The quantitative estimate of drug-likeness (QED) is 0.856. The van der Waals surface area contributed by atoms with Gasteiger partial charge in [-0.25, -0.2) is 8.42 Å². The van der Waals surface area contributed by atoms with Gasteiger partial charge >= 0.3 is 0 Å². The minimum Gasteiger partial charge on any atom is -0.355 e. The fourth-order valence-electron chi connectivity index (χ4n) is 2.69. The van der Waals surface area contributed by atoms with Crippen LogP contribution in [-0.4, -0.2) is 44.8 Å². The van der Waals surface area contributed by atoms with E-state index in [-0.39, 0.29) is 22.8 Å². The molecule has 0 bridgehead atoms. The van der Waals surface area contributed by atoms with Gasteiger partial charge in [-0.1, -0.05) is 0 Å². The van der Waals surface area contributed by atoms with Gasteiger partial charge < -0.3 is 11.1 Å². The van der Waals surface area contributed by atoms with Gasteiger partial charge in [0.25, 0.3) is 5.91 Å². The average molecular weight is 325 g/mol. The second-order valence-electron chi connectivity index (χ2n) is 5.73. The van der Waals surface area contributed by atoms with Crippen molar-refractivity contribution in [2.24, 2.45) is 11.7 Å². The highest BCUT2D eigenvalue weighted by molar-refractivity contribution is 7.89. The summed E-state index contributed by atoms with van der Waals surface area (Å²) < 4.78 is 26.9. The molecule has 1 aromatic rings. The second kappa shape index (κ2) is 6.76. The highest BCUT2D eigenvalue weighted by Gasteiger charge is 2.31. The monoisotopic (exact) mass is 325 g/mol. The van der Waals surface area contributed by atoms with Crippen LogP contribution in [0.3, 0.4) is 0 Å². The third-order valence-corrected chi connectivity index (χ3v) is 6.02. The molecule has 0 radical (unpaired) electrons. The van der Waals surface area contributed by atoms with Crippen LogP contribution in [0.15, 0.2) is 29.2 Å². The van der Waals surface area contributed by atoms with E-state index in [1.165, 1.54) is 35.6 Å². The molecule has 0 aromatic heterocycles. The van der Waals surface area contributed by atoms with E-state index in [4.69, 9.17) is 5.73 Å². The molecule has 1 fully saturated rings. The maximum Gasteiger partial charge on any atom is 0.251 e. The first-order chi connectivity index (χ1) is 10.4. The van der Waals surface area contributed by atoms with Gasteiger partial charge in [-0.3, -0.25) is 4.79 Å². The first kappa shape index (κ1) is 16.9. The van der Waals surface area contributed by atoms with Gasteiger partial charge in [-0.2, -0.15) is 4.31 Å². The fourth-order valence-corrected chi connectivity index (χ4v) is 4.23. The summed E-state index contributed by atoms with van der Waals surface area (Å²) in [6.07, 6.45) is 1.78. The molecule has 1 aliphatic heterocycles. The SMILES string of the molecule is CNC(=O)c1ccc(S(=O)(=O)N2CCC[C@@H]([C@H](C)N)C2)cc1. The highest BCUT2D eigenvalue weighted by Crippen LogP contribution is 2.25. The fraction of sp³-hybridized carbons (Fsp3) is 0.533. The maximum atomic E-state index is 12.7. The van der Waals surface area contributed by atoms with Crippen LogP contribution in [0, 0.1) is 5.92 Å². The summed E-state index contributed by atoms with van der Waals surface area (Å²) in [5, 5.41) is 2.51. The number of nitrogens with zero attached hydrogens (tertiary/aromatic N) is 1. The molecular formula is C15H23N3O3S. The number of hydrogen-bond acceptors (Lipinski definition) is 4. The van der Waals surface area contributed by atoms with Crippen LogP contribution >= 0.6 is 0 Å². The Bertz CT molecular complexity index is 626. The molecule has 1 heterocycles. The van der Waals surface area contributed by atoms with Crippen LogP contribution in [0.5, 0.6) is 0 Å². The predicted molar refractivity (Wildman–Crippen MR) is 85.0 cm³/mol. The molecule has 0 aliphatic carbocycles. The van der Waals surface area contributed by atoms with Crippen molar-refractivity contribution >= 4 is 15.9 Å². The Labute approximate surface area is 131 Å². The van der Waals surface area contributed by atoms with E-state index in [2.05, 4.69) is 5.32 Å². The van der Waals surface area contributed by atoms with Gasteiger partial charge in [0.1, 0.15) is 0 Å². The van der Waals surface area contributed by atoms with Crippen molar-refractivity contribution in [3.8, 4) is 0 Å². The summed E-state index contributed by atoms with van der Waals surface area (Å²) in [6, 6.07) is 6.00. The third-order valence-electron chi connectivity index (χ3n) is 4.15. The number of rotatable bonds is 4. The molecule has 2 rings (SSSR count). The minimum atomic E-state index is -3.53. The normalized spacial score (nSPS) is 21.3. The van der Waals surface area contributed by atoms with E-state index in [0.29, 0.717) is 18.7 Å². The molecule has 7 heteroatoms. The molecule has 6 nitrogen and oxygen atoms in total. The molecule has 1 aromatic carbocycles. The summed E-state index contributed by atoms with van der Waals surface area (Å²) in [7, 11) is -2.00. The van der Waals surface area contributed by atoms with Crippen LogP contribution in [0.25, 0.3) is 0 Å². The number of nitrogens with two attached hydrogens (primary N) is 1. The van der Waals surface area contributed by atoms with E-state index in [0.717, 1.165) is 12.8 Å². The van der Waals surface area contributed by atoms with Gasteiger partial charge in [-0.15, -0.1) is 0 Å². The number of nitrogens with one attached hydrogen (secondary N) is 1. The molecule has 3 N–H and O–H groups in total. The lowest BCUT2D eigenvalue weighted by Gasteiger charge is -2.33. The zero-order valence-electron chi connectivity index (χ0n) is 13.0. The standard InChI is InChI=1S/C15H23N3O3S/c1-11(16)13-4-3-9-18(10-13)22(20,21)14-7-5-12(6-8-14)15(19)17-2/h5-8,11,13H,3-4,9-10,16H2,1-2H3,(H,17,19)/t11-,13+/m0/s1. The van der Waals surface area contributed by atoms with E-state index >= 15 is 0 Å². The predicted octanol–water partition coefficient (Wildman–Crippen LogP) is 0.794. The Kier molecular flexibility index (Phi) is 5.20. The molecule has 1 saturated heterocycles. The molecule has 22 heavy (non-hydrogen) atoms. The topological polar surface area (TPSA) is 92.5 Å². The van der Waals surface area contributed by atoms with Crippen LogP contribution < -0.4 is 11.1 Å². The smallest absolute Gasteiger partial charge is 0.251 e. The summed E-state index contributed by atoms with van der Waals surface area (Å²) in [5.41, 5.74) is 6.35. The lowest BCUT2D eigenvalue weighted by molar-refractivity contribution is 0.0963. The molecule has 0 spiro atoms. The van der Waals surface area contributed by atoms with Crippen molar-refractivity contribution in [2.75, 3.05) is 20.1 Å². The average Bonchev–Trinajstić information content (AvgIpc) is 2.54. The Balaban J connectivity index is 2.21. The first-order valence-electron chi connectivity index (χ1n) is 7.44. The van der Waals surface area contributed by atoms with E-state index in [9.17, 15) is 13.2 Å². The van der Waals surface area contributed by atoms with E-state index in [1.54, 1.807) is 0 Å². The van der Waals surface area contributed by atoms with Gasteiger partial charge in [0.05, 0.1) is 4.90 Å². The Morgan fingerprint density at radius 1 is 1.36 bits per heavy atom. The molecular weight excluding hydrogens is 302 g/mol. The molecule has 1 amide bonds. The summed E-state index contributed by atoms with van der Waals surface area (Å²) >= 11 is 0. The summed E-state index contributed by atoms with van der Waals surface area (Å²) in [4.78, 5) is 11.7. The number of sulfonamides is 1. The molecule has 122 valence electrons. The number of piperidine rings is 1. The zero-order chi connectivity index (χ0) is 16.3. The van der Waals surface area contributed by atoms with Gasteiger partial charge in [0, 0.05) is 31.7 Å². The Morgan fingerprint density at radius 3 is 2.55 bits per heavy atom. The van der Waals surface area contributed by atoms with Gasteiger partial charge in [-0.05, 0) is 49.9 Å². The summed E-state index contributed by atoms with van der Waals surface area (Å²) in [6.45, 7) is 2.89. The van der Waals surface area contributed by atoms with Gasteiger partial charge in [0.2, 0.25) is 10.0 Å². The van der Waals surface area contributed by atoms with E-state index in [1.807, 2.05) is 6.92 Å².